The summed E-state index contributed by atoms with van der Waals surface area (Å²) in [6, 6.07) is 13.6. The molecule has 0 unspecified atom stereocenters. The van der Waals surface area contributed by atoms with Crippen molar-refractivity contribution in [1.29, 1.82) is 0 Å². The molecule has 27 heavy (non-hydrogen) atoms. The van der Waals surface area contributed by atoms with E-state index in [0.29, 0.717) is 18.2 Å². The van der Waals surface area contributed by atoms with Crippen LogP contribution in [-0.2, 0) is 6.54 Å². The minimum absolute atomic E-state index is 0.275. The zero-order valence-electron chi connectivity index (χ0n) is 15.5. The molecule has 0 spiro atoms. The van der Waals surface area contributed by atoms with E-state index in [9.17, 15) is 9.18 Å². The lowest BCUT2D eigenvalue weighted by molar-refractivity contribution is 0.0945. The van der Waals surface area contributed by atoms with Crippen LogP contribution in [0.2, 0.25) is 0 Å². The Morgan fingerprint density at radius 2 is 1.78 bits per heavy atom. The molecule has 6 heteroatoms. The Morgan fingerprint density at radius 3 is 2.52 bits per heavy atom. The zero-order chi connectivity index (χ0) is 19.4. The number of aryl methyl sites for hydroxylation is 2. The van der Waals surface area contributed by atoms with Crippen molar-refractivity contribution in [3.05, 3.63) is 82.6 Å². The van der Waals surface area contributed by atoms with Gasteiger partial charge in [0.2, 0.25) is 0 Å². The van der Waals surface area contributed by atoms with Gasteiger partial charge in [-0.3, -0.25) is 4.79 Å². The molecule has 0 aliphatic carbocycles. The van der Waals surface area contributed by atoms with Gasteiger partial charge in [0.25, 0.3) is 5.91 Å². The first-order valence-electron chi connectivity index (χ1n) is 8.64. The van der Waals surface area contributed by atoms with Crippen molar-refractivity contribution in [2.24, 2.45) is 0 Å². The smallest absolute Gasteiger partial charge is 0.270 e. The molecule has 0 aliphatic rings. The first-order valence-corrected chi connectivity index (χ1v) is 8.64. The number of halogens is 1. The van der Waals surface area contributed by atoms with E-state index in [0.717, 1.165) is 16.8 Å². The maximum absolute atomic E-state index is 13.0. The van der Waals surface area contributed by atoms with E-state index in [4.69, 9.17) is 0 Å². The third-order valence-electron chi connectivity index (χ3n) is 4.30. The van der Waals surface area contributed by atoms with Crippen molar-refractivity contribution in [2.75, 3.05) is 5.32 Å². The minimum atomic E-state index is -0.311. The summed E-state index contributed by atoms with van der Waals surface area (Å²) in [6.45, 7) is 6.11. The Labute approximate surface area is 157 Å². The number of benzene rings is 2. The van der Waals surface area contributed by atoms with Crippen LogP contribution in [0.4, 0.5) is 15.9 Å². The molecule has 1 heterocycles. The second-order valence-electron chi connectivity index (χ2n) is 6.37. The largest absolute Gasteiger partial charge is 0.347 e. The van der Waals surface area contributed by atoms with E-state index in [1.54, 1.807) is 25.1 Å². The number of carbonyl (C=O) groups excluding carboxylic acids is 1. The Balaban J connectivity index is 1.75. The number of nitrogens with one attached hydrogen (secondary N) is 2. The Bertz CT molecular complexity index is 970. The molecule has 2 aromatic carbocycles. The van der Waals surface area contributed by atoms with E-state index in [-0.39, 0.29) is 17.4 Å². The summed E-state index contributed by atoms with van der Waals surface area (Å²) in [6.07, 6.45) is 0. The summed E-state index contributed by atoms with van der Waals surface area (Å²) in [5, 5.41) is 6.05. The second-order valence-corrected chi connectivity index (χ2v) is 6.37. The van der Waals surface area contributed by atoms with Crippen LogP contribution in [0.25, 0.3) is 0 Å². The maximum Gasteiger partial charge on any atom is 0.270 e. The summed E-state index contributed by atoms with van der Waals surface area (Å²) in [5.74, 6) is 0.438. The highest BCUT2D eigenvalue weighted by atomic mass is 19.1. The predicted octanol–water partition coefficient (Wildman–Crippen LogP) is 4.21. The van der Waals surface area contributed by atoms with Crippen LogP contribution < -0.4 is 10.6 Å². The van der Waals surface area contributed by atoms with E-state index >= 15 is 0 Å². The van der Waals surface area contributed by atoms with Crippen LogP contribution in [0.1, 0.15) is 33.0 Å². The van der Waals surface area contributed by atoms with Crippen LogP contribution in [0.5, 0.6) is 0 Å². The number of carbonyl (C=O) groups is 1. The molecule has 1 amide bonds. The van der Waals surface area contributed by atoms with Crippen LogP contribution in [0.3, 0.4) is 0 Å². The molecule has 2 N–H and O–H groups in total. The molecule has 0 saturated heterocycles. The Hall–Kier alpha value is -3.28. The van der Waals surface area contributed by atoms with Gasteiger partial charge in [0, 0.05) is 18.3 Å². The molecule has 0 saturated carbocycles. The van der Waals surface area contributed by atoms with E-state index < -0.39 is 0 Å². The third kappa shape index (κ3) is 4.67. The predicted molar refractivity (Wildman–Crippen MR) is 104 cm³/mol. The standard InChI is InChI=1S/C21H21FN4O/c1-13-5-4-6-18(14(13)2)26-20-11-19(24-15(3)25-20)21(27)23-12-16-7-9-17(22)10-8-16/h4-11H,12H2,1-3H3,(H,23,27)(H,24,25,26). The van der Waals surface area contributed by atoms with Gasteiger partial charge in [-0.25, -0.2) is 14.4 Å². The number of amides is 1. The molecule has 5 nitrogen and oxygen atoms in total. The van der Waals surface area contributed by atoms with Crippen molar-refractivity contribution < 1.29 is 9.18 Å². The van der Waals surface area contributed by atoms with E-state index in [1.807, 2.05) is 32.0 Å². The molecular formula is C21H21FN4O. The fraction of sp³-hybridized carbons (Fsp3) is 0.190. The molecule has 0 bridgehead atoms. The number of hydrogen-bond acceptors (Lipinski definition) is 4. The van der Waals surface area contributed by atoms with Gasteiger partial charge < -0.3 is 10.6 Å². The Kier molecular flexibility index (Phi) is 5.45. The molecule has 3 aromatic rings. The van der Waals surface area contributed by atoms with Gasteiger partial charge in [0.1, 0.15) is 23.2 Å². The number of rotatable bonds is 5. The highest BCUT2D eigenvalue weighted by molar-refractivity contribution is 5.93. The molecule has 0 radical (unpaired) electrons. The fourth-order valence-electron chi connectivity index (χ4n) is 2.65. The van der Waals surface area contributed by atoms with Crippen LogP contribution in [0, 0.1) is 26.6 Å². The minimum Gasteiger partial charge on any atom is -0.347 e. The molecular weight excluding hydrogens is 343 g/mol. The van der Waals surface area contributed by atoms with Gasteiger partial charge in [0.15, 0.2) is 0 Å². The summed E-state index contributed by atoms with van der Waals surface area (Å²) >= 11 is 0. The third-order valence-corrected chi connectivity index (χ3v) is 4.30. The summed E-state index contributed by atoms with van der Waals surface area (Å²) in [5.41, 5.74) is 4.31. The first kappa shape index (κ1) is 18.5. The highest BCUT2D eigenvalue weighted by Crippen LogP contribution is 2.22. The molecule has 3 rings (SSSR count). The first-order chi connectivity index (χ1) is 12.9. The lowest BCUT2D eigenvalue weighted by atomic mass is 10.1. The summed E-state index contributed by atoms with van der Waals surface area (Å²) in [7, 11) is 0. The quantitative estimate of drug-likeness (QED) is 0.711. The summed E-state index contributed by atoms with van der Waals surface area (Å²) < 4.78 is 13.0. The molecule has 0 aliphatic heterocycles. The zero-order valence-corrected chi connectivity index (χ0v) is 15.5. The number of hydrogen-bond donors (Lipinski definition) is 2. The number of anilines is 2. The molecule has 0 atom stereocenters. The van der Waals surface area contributed by atoms with Crippen molar-refractivity contribution >= 4 is 17.4 Å². The normalized spacial score (nSPS) is 10.5. The van der Waals surface area contributed by atoms with E-state index in [1.165, 1.54) is 17.7 Å². The van der Waals surface area contributed by atoms with Crippen molar-refractivity contribution in [1.82, 2.24) is 15.3 Å². The van der Waals surface area contributed by atoms with Crippen molar-refractivity contribution in [3.63, 3.8) is 0 Å². The number of aromatic nitrogens is 2. The average Bonchev–Trinajstić information content (AvgIpc) is 2.64. The maximum atomic E-state index is 13.0. The molecule has 138 valence electrons. The SMILES string of the molecule is Cc1nc(Nc2cccc(C)c2C)cc(C(=O)NCc2ccc(F)cc2)n1. The fourth-order valence-corrected chi connectivity index (χ4v) is 2.65. The van der Waals surface area contributed by atoms with Gasteiger partial charge >= 0.3 is 0 Å². The van der Waals surface area contributed by atoms with Crippen molar-refractivity contribution in [2.45, 2.75) is 27.3 Å². The monoisotopic (exact) mass is 364 g/mol. The van der Waals surface area contributed by atoms with Gasteiger partial charge in [-0.05, 0) is 55.7 Å². The van der Waals surface area contributed by atoms with Crippen LogP contribution >= 0.6 is 0 Å². The molecule has 0 fully saturated rings. The second kappa shape index (κ2) is 7.95. The van der Waals surface area contributed by atoms with Gasteiger partial charge in [0.05, 0.1) is 0 Å². The average molecular weight is 364 g/mol. The van der Waals surface area contributed by atoms with Gasteiger partial charge in [-0.2, -0.15) is 0 Å². The van der Waals surface area contributed by atoms with Crippen LogP contribution in [0.15, 0.2) is 48.5 Å². The molecule has 1 aromatic heterocycles. The lowest BCUT2D eigenvalue weighted by Gasteiger charge is -2.12. The Morgan fingerprint density at radius 1 is 1.04 bits per heavy atom. The van der Waals surface area contributed by atoms with Crippen molar-refractivity contribution in [3.8, 4) is 0 Å². The number of nitrogens with zero attached hydrogens (tertiary/aromatic N) is 2. The van der Waals surface area contributed by atoms with Gasteiger partial charge in [-0.1, -0.05) is 24.3 Å². The summed E-state index contributed by atoms with van der Waals surface area (Å²) in [4.78, 5) is 21.0. The van der Waals surface area contributed by atoms with Gasteiger partial charge in [-0.15, -0.1) is 0 Å². The highest BCUT2D eigenvalue weighted by Gasteiger charge is 2.11. The topological polar surface area (TPSA) is 66.9 Å². The van der Waals surface area contributed by atoms with Crippen LogP contribution in [-0.4, -0.2) is 15.9 Å². The lowest BCUT2D eigenvalue weighted by Crippen LogP contribution is -2.24. The van der Waals surface area contributed by atoms with E-state index in [2.05, 4.69) is 20.6 Å².